The Morgan fingerprint density at radius 1 is 0.955 bits per heavy atom. The Hall–Kier alpha value is -2.68. The van der Waals surface area contributed by atoms with E-state index in [9.17, 15) is 4.79 Å². The van der Waals surface area contributed by atoms with Gasteiger partial charge in [0.25, 0.3) is 0 Å². The molecule has 0 radical (unpaired) electrons. The Balaban J connectivity index is 1.98. The van der Waals surface area contributed by atoms with Gasteiger partial charge in [0.2, 0.25) is 0 Å². The van der Waals surface area contributed by atoms with Crippen LogP contribution in [0, 0.1) is 0 Å². The van der Waals surface area contributed by atoms with Gasteiger partial charge in [-0.3, -0.25) is 0 Å². The van der Waals surface area contributed by atoms with Gasteiger partial charge in [0, 0.05) is 5.71 Å². The SMILES string of the molecule is NC(=O)/N=C1/C=C(c2ccccc2)CC(c2ccccc2)C1. The molecule has 1 aliphatic rings. The molecule has 3 nitrogen and oxygen atoms in total. The Labute approximate surface area is 130 Å². The van der Waals surface area contributed by atoms with E-state index < -0.39 is 6.03 Å². The molecule has 0 saturated carbocycles. The minimum absolute atomic E-state index is 0.319. The van der Waals surface area contributed by atoms with Crippen molar-refractivity contribution in [3.05, 3.63) is 77.9 Å². The molecule has 2 aromatic rings. The van der Waals surface area contributed by atoms with E-state index in [4.69, 9.17) is 5.73 Å². The van der Waals surface area contributed by atoms with Crippen LogP contribution in [0.15, 0.2) is 71.7 Å². The van der Waals surface area contributed by atoms with Crippen LogP contribution in [0.2, 0.25) is 0 Å². The van der Waals surface area contributed by atoms with Crippen molar-refractivity contribution in [2.45, 2.75) is 18.8 Å². The van der Waals surface area contributed by atoms with E-state index in [0.29, 0.717) is 5.92 Å². The highest BCUT2D eigenvalue weighted by molar-refractivity contribution is 6.07. The third-order valence-corrected chi connectivity index (χ3v) is 3.93. The largest absolute Gasteiger partial charge is 0.350 e. The molecule has 3 rings (SSSR count). The summed E-state index contributed by atoms with van der Waals surface area (Å²) in [5.41, 5.74) is 9.62. The number of carbonyl (C=O) groups excluding carboxylic acids is 1. The molecule has 2 aromatic carbocycles. The van der Waals surface area contributed by atoms with Gasteiger partial charge in [-0.25, -0.2) is 4.79 Å². The summed E-state index contributed by atoms with van der Waals surface area (Å²) in [4.78, 5) is 15.1. The van der Waals surface area contributed by atoms with Crippen LogP contribution in [0.25, 0.3) is 5.57 Å². The number of hydrogen-bond donors (Lipinski definition) is 1. The highest BCUT2D eigenvalue weighted by Crippen LogP contribution is 2.36. The molecule has 0 heterocycles. The van der Waals surface area contributed by atoms with Gasteiger partial charge in [0.15, 0.2) is 0 Å². The molecule has 1 unspecified atom stereocenters. The number of allylic oxidation sites excluding steroid dienone is 2. The predicted molar refractivity (Wildman–Crippen MR) is 89.9 cm³/mol. The summed E-state index contributed by atoms with van der Waals surface area (Å²) in [5, 5.41) is 0. The van der Waals surface area contributed by atoms with Crippen molar-refractivity contribution >= 4 is 17.3 Å². The summed E-state index contributed by atoms with van der Waals surface area (Å²) in [7, 11) is 0. The van der Waals surface area contributed by atoms with E-state index in [1.165, 1.54) is 16.7 Å². The van der Waals surface area contributed by atoms with Gasteiger partial charge in [-0.15, -0.1) is 0 Å². The average molecular weight is 290 g/mol. The van der Waals surface area contributed by atoms with Crippen molar-refractivity contribution in [3.63, 3.8) is 0 Å². The molecule has 0 spiro atoms. The molecular weight excluding hydrogens is 272 g/mol. The number of amides is 2. The molecule has 2 N–H and O–H groups in total. The number of urea groups is 1. The minimum Gasteiger partial charge on any atom is -0.350 e. The summed E-state index contributed by atoms with van der Waals surface area (Å²) in [5.74, 6) is 0.319. The Morgan fingerprint density at radius 2 is 1.59 bits per heavy atom. The third kappa shape index (κ3) is 3.31. The van der Waals surface area contributed by atoms with Crippen molar-refractivity contribution in [2.75, 3.05) is 0 Å². The molecule has 0 aliphatic heterocycles. The Morgan fingerprint density at radius 3 is 2.23 bits per heavy atom. The van der Waals surface area contributed by atoms with Crippen LogP contribution in [0.4, 0.5) is 4.79 Å². The van der Waals surface area contributed by atoms with Gasteiger partial charge in [-0.2, -0.15) is 4.99 Å². The van der Waals surface area contributed by atoms with Crippen molar-refractivity contribution < 1.29 is 4.79 Å². The van der Waals surface area contributed by atoms with Crippen LogP contribution in [0.1, 0.15) is 29.9 Å². The van der Waals surface area contributed by atoms with Crippen molar-refractivity contribution in [1.82, 2.24) is 0 Å². The van der Waals surface area contributed by atoms with Gasteiger partial charge in [0.1, 0.15) is 0 Å². The Kier molecular flexibility index (Phi) is 4.15. The summed E-state index contributed by atoms with van der Waals surface area (Å²) >= 11 is 0. The zero-order valence-corrected chi connectivity index (χ0v) is 12.3. The lowest BCUT2D eigenvalue weighted by Gasteiger charge is -2.24. The van der Waals surface area contributed by atoms with E-state index >= 15 is 0 Å². The highest BCUT2D eigenvalue weighted by atomic mass is 16.2. The number of carbonyl (C=O) groups is 1. The van der Waals surface area contributed by atoms with E-state index in [1.807, 2.05) is 42.5 Å². The first-order valence-corrected chi connectivity index (χ1v) is 7.40. The van der Waals surface area contributed by atoms with E-state index in [2.05, 4.69) is 29.3 Å². The van der Waals surface area contributed by atoms with E-state index in [1.54, 1.807) is 0 Å². The van der Waals surface area contributed by atoms with Gasteiger partial charge >= 0.3 is 6.03 Å². The smallest absolute Gasteiger partial charge is 0.338 e. The van der Waals surface area contributed by atoms with Crippen LogP contribution >= 0.6 is 0 Å². The number of hydrogen-bond acceptors (Lipinski definition) is 1. The van der Waals surface area contributed by atoms with Crippen LogP contribution < -0.4 is 5.73 Å². The molecule has 0 aromatic heterocycles. The van der Waals surface area contributed by atoms with Crippen LogP contribution in [-0.2, 0) is 0 Å². The number of rotatable bonds is 2. The number of primary amides is 1. The number of nitrogens with two attached hydrogens (primary N) is 1. The third-order valence-electron chi connectivity index (χ3n) is 3.93. The fraction of sp³-hybridized carbons (Fsp3) is 0.158. The molecule has 0 bridgehead atoms. The second kappa shape index (κ2) is 6.39. The predicted octanol–water partition coefficient (Wildman–Crippen LogP) is 4.17. The molecule has 2 amide bonds. The number of benzene rings is 2. The zero-order valence-electron chi connectivity index (χ0n) is 12.3. The molecule has 0 fully saturated rings. The van der Waals surface area contributed by atoms with Crippen molar-refractivity contribution in [2.24, 2.45) is 10.7 Å². The average Bonchev–Trinajstić information content (AvgIpc) is 2.55. The second-order valence-electron chi connectivity index (χ2n) is 5.49. The molecule has 22 heavy (non-hydrogen) atoms. The highest BCUT2D eigenvalue weighted by Gasteiger charge is 2.22. The molecule has 0 saturated heterocycles. The van der Waals surface area contributed by atoms with E-state index in [-0.39, 0.29) is 0 Å². The first-order valence-electron chi connectivity index (χ1n) is 7.40. The fourth-order valence-electron chi connectivity index (χ4n) is 2.94. The topological polar surface area (TPSA) is 55.5 Å². The quantitative estimate of drug-likeness (QED) is 0.886. The summed E-state index contributed by atoms with van der Waals surface area (Å²) in [6, 6.07) is 19.9. The molecular formula is C19H18N2O. The van der Waals surface area contributed by atoms with Gasteiger partial charge in [0.05, 0.1) is 0 Å². The monoisotopic (exact) mass is 290 g/mol. The summed E-state index contributed by atoms with van der Waals surface area (Å²) in [6.07, 6.45) is 3.68. The zero-order chi connectivity index (χ0) is 15.4. The molecule has 1 atom stereocenters. The Bertz CT molecular complexity index is 718. The molecule has 3 heteroatoms. The number of aliphatic imine (C=N–C) groups is 1. The maximum atomic E-state index is 11.2. The normalized spacial score (nSPS) is 19.7. The van der Waals surface area contributed by atoms with Crippen LogP contribution in [-0.4, -0.2) is 11.7 Å². The van der Waals surface area contributed by atoms with Crippen molar-refractivity contribution in [1.29, 1.82) is 0 Å². The molecule has 1 aliphatic carbocycles. The lowest BCUT2D eigenvalue weighted by atomic mass is 9.81. The first-order chi connectivity index (χ1) is 10.7. The van der Waals surface area contributed by atoms with Gasteiger partial charge in [-0.05, 0) is 41.5 Å². The lowest BCUT2D eigenvalue weighted by Crippen LogP contribution is -2.16. The molecule has 110 valence electrons. The fourth-order valence-corrected chi connectivity index (χ4v) is 2.94. The van der Waals surface area contributed by atoms with Gasteiger partial charge in [-0.1, -0.05) is 60.7 Å². The summed E-state index contributed by atoms with van der Waals surface area (Å²) < 4.78 is 0. The number of nitrogens with zero attached hydrogens (tertiary/aromatic N) is 1. The van der Waals surface area contributed by atoms with Crippen molar-refractivity contribution in [3.8, 4) is 0 Å². The van der Waals surface area contributed by atoms with Gasteiger partial charge < -0.3 is 5.73 Å². The maximum Gasteiger partial charge on any atom is 0.338 e. The minimum atomic E-state index is -0.632. The van der Waals surface area contributed by atoms with E-state index in [0.717, 1.165) is 18.6 Å². The first kappa shape index (κ1) is 14.3. The lowest BCUT2D eigenvalue weighted by molar-refractivity contribution is 0.256. The maximum absolute atomic E-state index is 11.2. The summed E-state index contributed by atoms with van der Waals surface area (Å²) in [6.45, 7) is 0. The second-order valence-corrected chi connectivity index (χ2v) is 5.49. The van der Waals surface area contributed by atoms with Crippen LogP contribution in [0.3, 0.4) is 0 Å². The standard InChI is InChI=1S/C19H18N2O/c20-19(22)21-18-12-16(14-7-3-1-4-8-14)11-17(13-18)15-9-5-2-6-10-15/h1-10,12,17H,11,13H2,(H2,20,22)/b21-18-. The van der Waals surface area contributed by atoms with Crippen LogP contribution in [0.5, 0.6) is 0 Å².